The van der Waals surface area contributed by atoms with Crippen LogP contribution in [0, 0.1) is 0 Å². The van der Waals surface area contributed by atoms with Crippen LogP contribution in [-0.2, 0) is 33.3 Å². The number of hydrogen-bond acceptors (Lipinski definition) is 8. The molecular formula is C71H139NO8. The smallest absolute Gasteiger partial charge is 0.306 e. The summed E-state index contributed by atoms with van der Waals surface area (Å²) >= 11 is 0. The molecule has 9 nitrogen and oxygen atoms in total. The molecule has 0 aliphatic rings. The van der Waals surface area contributed by atoms with Crippen LogP contribution in [-0.4, -0.2) is 82.3 Å². The van der Waals surface area contributed by atoms with E-state index < -0.39 is 24.3 Å². The number of rotatable bonds is 68. The second-order valence-corrected chi connectivity index (χ2v) is 25.9. The number of carboxylic acids is 1. The van der Waals surface area contributed by atoms with Gasteiger partial charge in [-0.25, -0.2) is 0 Å². The van der Waals surface area contributed by atoms with Gasteiger partial charge in [0, 0.05) is 12.8 Å². The topological polar surface area (TPSA) is 111 Å². The molecule has 2 atom stereocenters. The Morgan fingerprint density at radius 3 is 0.800 bits per heavy atom. The van der Waals surface area contributed by atoms with E-state index in [9.17, 15) is 19.5 Å². The van der Waals surface area contributed by atoms with Gasteiger partial charge < -0.3 is 33.3 Å². The third-order valence-corrected chi connectivity index (χ3v) is 16.6. The Labute approximate surface area is 498 Å². The van der Waals surface area contributed by atoms with Crippen LogP contribution in [0.4, 0.5) is 0 Å². The highest BCUT2D eigenvalue weighted by Crippen LogP contribution is 2.20. The number of likely N-dealkylation sites (N-methyl/N-ethyl adjacent to an activating group) is 1. The number of quaternary nitrogens is 1. The lowest BCUT2D eigenvalue weighted by molar-refractivity contribution is -0.870. The molecule has 0 aromatic rings. The Morgan fingerprint density at radius 1 is 0.325 bits per heavy atom. The summed E-state index contributed by atoms with van der Waals surface area (Å²) in [4.78, 5) is 37.5. The molecule has 2 unspecified atom stereocenters. The summed E-state index contributed by atoms with van der Waals surface area (Å²) in [5, 5.41) is 11.8. The predicted molar refractivity (Wildman–Crippen MR) is 339 cm³/mol. The molecule has 0 aromatic carbocycles. The molecule has 0 saturated heterocycles. The molecule has 0 spiro atoms. The zero-order valence-electron chi connectivity index (χ0n) is 54.5. The Morgan fingerprint density at radius 2 is 0.562 bits per heavy atom. The first-order valence-corrected chi connectivity index (χ1v) is 35.7. The summed E-state index contributed by atoms with van der Waals surface area (Å²) in [7, 11) is 5.95. The third-order valence-electron chi connectivity index (χ3n) is 16.6. The first kappa shape index (κ1) is 78.3. The van der Waals surface area contributed by atoms with Gasteiger partial charge in [-0.05, 0) is 12.8 Å². The monoisotopic (exact) mass is 1130 g/mol. The van der Waals surface area contributed by atoms with Crippen molar-refractivity contribution < 1.29 is 42.9 Å². The highest BCUT2D eigenvalue weighted by Gasteiger charge is 2.22. The number of esters is 2. The predicted octanol–water partition coefficient (Wildman–Crippen LogP) is 20.5. The Kier molecular flexibility index (Phi) is 62.0. The van der Waals surface area contributed by atoms with E-state index in [1.165, 1.54) is 315 Å². The largest absolute Gasteiger partial charge is 0.545 e. The maximum atomic E-state index is 12.9. The molecule has 0 saturated carbocycles. The van der Waals surface area contributed by atoms with Crippen molar-refractivity contribution in [2.45, 2.75) is 392 Å². The van der Waals surface area contributed by atoms with Crippen molar-refractivity contribution in [3.63, 3.8) is 0 Å². The molecule has 80 heavy (non-hydrogen) atoms. The average Bonchev–Trinajstić information content (AvgIpc) is 3.43. The van der Waals surface area contributed by atoms with E-state index in [1.807, 2.05) is 21.1 Å². The number of ether oxygens (including phenoxy) is 4. The fraction of sp³-hybridized carbons (Fsp3) is 0.958. The Hall–Kier alpha value is -1.71. The molecule has 9 heteroatoms. The fourth-order valence-electron chi connectivity index (χ4n) is 11.1. The van der Waals surface area contributed by atoms with Crippen molar-refractivity contribution >= 4 is 17.9 Å². The quantitative estimate of drug-likeness (QED) is 0.0256. The third kappa shape index (κ3) is 63.9. The summed E-state index contributed by atoms with van der Waals surface area (Å²) < 4.78 is 22.8. The van der Waals surface area contributed by atoms with Crippen LogP contribution in [0.2, 0.25) is 0 Å². The van der Waals surface area contributed by atoms with Gasteiger partial charge in [0.05, 0.1) is 40.3 Å². The Bertz CT molecular complexity index is 1270. The van der Waals surface area contributed by atoms with Crippen molar-refractivity contribution in [3.05, 3.63) is 0 Å². The van der Waals surface area contributed by atoms with Gasteiger partial charge >= 0.3 is 11.9 Å². The maximum Gasteiger partial charge on any atom is 0.306 e. The van der Waals surface area contributed by atoms with E-state index in [-0.39, 0.29) is 32.2 Å². The molecule has 0 heterocycles. The molecule has 0 aromatic heterocycles. The SMILES string of the molecule is CCCCCCCCCCCCCCCCCCCCCCCCCCCCCCCC(=O)OC(COC(=O)CCCCCCCCCCCCCCCCCCCCCCCCCCCC)COC(OCC[N+](C)(C)C)C(=O)[O-]. The summed E-state index contributed by atoms with van der Waals surface area (Å²) in [6, 6.07) is 0. The van der Waals surface area contributed by atoms with Crippen LogP contribution >= 0.6 is 0 Å². The zero-order chi connectivity index (χ0) is 58.3. The van der Waals surface area contributed by atoms with Gasteiger partial charge in [-0.2, -0.15) is 0 Å². The minimum absolute atomic E-state index is 0.154. The van der Waals surface area contributed by atoms with Crippen molar-refractivity contribution in [1.29, 1.82) is 0 Å². The summed E-state index contributed by atoms with van der Waals surface area (Å²) in [6.45, 7) is 4.85. The summed E-state index contributed by atoms with van der Waals surface area (Å²) in [6.07, 6.45) is 72.0. The van der Waals surface area contributed by atoms with E-state index in [4.69, 9.17) is 18.9 Å². The van der Waals surface area contributed by atoms with Gasteiger partial charge in [0.15, 0.2) is 12.4 Å². The minimum atomic E-state index is -1.62. The van der Waals surface area contributed by atoms with Crippen LogP contribution < -0.4 is 5.11 Å². The number of hydrogen-bond donors (Lipinski definition) is 0. The van der Waals surface area contributed by atoms with Crippen LogP contribution in [0.1, 0.15) is 380 Å². The van der Waals surface area contributed by atoms with Gasteiger partial charge in [0.1, 0.15) is 13.2 Å². The van der Waals surface area contributed by atoms with Gasteiger partial charge in [-0.3, -0.25) is 9.59 Å². The molecule has 0 aliphatic carbocycles. The van der Waals surface area contributed by atoms with Crippen molar-refractivity contribution in [2.24, 2.45) is 0 Å². The van der Waals surface area contributed by atoms with E-state index >= 15 is 0 Å². The zero-order valence-corrected chi connectivity index (χ0v) is 54.5. The highest BCUT2D eigenvalue weighted by atomic mass is 16.7. The Balaban J connectivity index is 4.03. The first-order chi connectivity index (χ1) is 39.1. The molecule has 0 fully saturated rings. The normalized spacial score (nSPS) is 12.6. The van der Waals surface area contributed by atoms with Crippen LogP contribution in [0.5, 0.6) is 0 Å². The van der Waals surface area contributed by atoms with Gasteiger partial charge in [-0.15, -0.1) is 0 Å². The second kappa shape index (κ2) is 63.3. The molecule has 0 amide bonds. The molecule has 0 bridgehead atoms. The van der Waals surface area contributed by atoms with E-state index in [2.05, 4.69) is 13.8 Å². The van der Waals surface area contributed by atoms with Gasteiger partial charge in [0.2, 0.25) is 0 Å². The van der Waals surface area contributed by atoms with Crippen LogP contribution in [0.3, 0.4) is 0 Å². The summed E-state index contributed by atoms with van der Waals surface area (Å²) in [5.74, 6) is -2.24. The fourth-order valence-corrected chi connectivity index (χ4v) is 11.1. The lowest BCUT2D eigenvalue weighted by Gasteiger charge is -2.26. The van der Waals surface area contributed by atoms with Crippen LogP contribution in [0.25, 0.3) is 0 Å². The van der Waals surface area contributed by atoms with Crippen molar-refractivity contribution in [1.82, 2.24) is 0 Å². The van der Waals surface area contributed by atoms with E-state index in [0.29, 0.717) is 17.4 Å². The van der Waals surface area contributed by atoms with Gasteiger partial charge in [-0.1, -0.05) is 354 Å². The maximum absolute atomic E-state index is 12.9. The minimum Gasteiger partial charge on any atom is -0.545 e. The molecule has 0 aliphatic heterocycles. The first-order valence-electron chi connectivity index (χ1n) is 35.7. The highest BCUT2D eigenvalue weighted by molar-refractivity contribution is 5.70. The molecule has 0 N–H and O–H groups in total. The van der Waals surface area contributed by atoms with E-state index in [0.717, 1.165) is 38.5 Å². The summed E-state index contributed by atoms with van der Waals surface area (Å²) in [5.41, 5.74) is 0. The number of carbonyl (C=O) groups excluding carboxylic acids is 3. The molecule has 0 rings (SSSR count). The number of carbonyl (C=O) groups is 3. The number of aliphatic carboxylic acids is 1. The van der Waals surface area contributed by atoms with E-state index in [1.54, 1.807) is 0 Å². The lowest BCUT2D eigenvalue weighted by atomic mass is 10.0. The van der Waals surface area contributed by atoms with Crippen LogP contribution in [0.15, 0.2) is 0 Å². The molecular weight excluding hydrogens is 995 g/mol. The van der Waals surface area contributed by atoms with Gasteiger partial charge in [0.25, 0.3) is 0 Å². The lowest BCUT2D eigenvalue weighted by Crippen LogP contribution is -2.44. The molecule has 476 valence electrons. The second-order valence-electron chi connectivity index (χ2n) is 25.9. The number of unbranched alkanes of at least 4 members (excludes halogenated alkanes) is 53. The van der Waals surface area contributed by atoms with Crippen molar-refractivity contribution in [2.75, 3.05) is 47.5 Å². The number of nitrogens with zero attached hydrogens (tertiary/aromatic N) is 1. The standard InChI is InChI=1S/C71H139NO8/c1-6-8-10-12-14-16-18-20-22-24-26-28-30-32-34-35-36-38-40-42-44-46-48-50-52-54-56-58-60-62-69(74)80-67(66-79-71(70(75)76)77-64-63-72(3,4)5)65-78-68(73)61-59-57-55-53-51-49-47-45-43-41-39-37-33-31-29-27-25-23-21-19-17-15-13-11-9-7-2/h67,71H,6-66H2,1-5H3. The number of carboxylic acid groups (broad SMARTS) is 1. The average molecular weight is 1130 g/mol. The van der Waals surface area contributed by atoms with Crippen molar-refractivity contribution in [3.8, 4) is 0 Å². The molecule has 0 radical (unpaired) electrons.